The highest BCUT2D eigenvalue weighted by molar-refractivity contribution is 8.03. The zero-order valence-corrected chi connectivity index (χ0v) is 14.6. The van der Waals surface area contributed by atoms with E-state index in [1.54, 1.807) is 48.5 Å². The van der Waals surface area contributed by atoms with E-state index < -0.39 is 0 Å². The number of rotatable bonds is 4. The Kier molecular flexibility index (Phi) is 4.42. The lowest BCUT2D eigenvalue weighted by atomic mass is 9.96. The number of anilines is 1. The number of thioether (sulfide) groups is 1. The smallest absolute Gasteiger partial charge is 0.199 e. The van der Waals surface area contributed by atoms with Crippen molar-refractivity contribution >= 4 is 29.0 Å². The maximum atomic E-state index is 13.2. The molecule has 126 valence electrons. The van der Waals surface area contributed by atoms with Crippen molar-refractivity contribution in [2.75, 3.05) is 5.32 Å². The van der Waals surface area contributed by atoms with Gasteiger partial charge in [-0.2, -0.15) is 0 Å². The highest BCUT2D eigenvalue weighted by Crippen LogP contribution is 2.42. The van der Waals surface area contributed by atoms with Crippen molar-refractivity contribution in [3.8, 4) is 0 Å². The van der Waals surface area contributed by atoms with Gasteiger partial charge in [0.15, 0.2) is 11.6 Å². The SMILES string of the molecule is O=C(C(C(=O)c1ccccc1)=C1Nc2ccccc2S1)c1ccccc1. The molecule has 1 N–H and O–H groups in total. The number of carbonyl (C=O) groups excluding carboxylic acids is 2. The Balaban J connectivity index is 1.82. The van der Waals surface area contributed by atoms with E-state index in [0.717, 1.165) is 10.6 Å². The molecular weight excluding hydrogens is 342 g/mol. The molecule has 4 heteroatoms. The summed E-state index contributed by atoms with van der Waals surface area (Å²) in [6.07, 6.45) is 0. The van der Waals surface area contributed by atoms with Gasteiger partial charge in [-0.25, -0.2) is 0 Å². The first kappa shape index (κ1) is 16.4. The Morgan fingerprint density at radius 3 is 1.69 bits per heavy atom. The van der Waals surface area contributed by atoms with Crippen LogP contribution < -0.4 is 5.32 Å². The fraction of sp³-hybridized carbons (Fsp3) is 0. The number of para-hydroxylation sites is 1. The molecule has 26 heavy (non-hydrogen) atoms. The van der Waals surface area contributed by atoms with Crippen molar-refractivity contribution in [1.82, 2.24) is 0 Å². The molecule has 4 rings (SSSR count). The molecule has 0 fully saturated rings. The Morgan fingerprint density at radius 2 is 1.15 bits per heavy atom. The third-order valence-electron chi connectivity index (χ3n) is 4.10. The first-order valence-corrected chi connectivity index (χ1v) is 9.03. The molecule has 0 aliphatic carbocycles. The average molecular weight is 357 g/mol. The van der Waals surface area contributed by atoms with E-state index in [2.05, 4.69) is 5.32 Å². The van der Waals surface area contributed by atoms with E-state index in [1.165, 1.54) is 11.8 Å². The molecule has 3 nitrogen and oxygen atoms in total. The van der Waals surface area contributed by atoms with Gasteiger partial charge in [-0.05, 0) is 12.1 Å². The number of fused-ring (bicyclic) bond motifs is 1. The van der Waals surface area contributed by atoms with Crippen LogP contribution in [0.25, 0.3) is 0 Å². The number of nitrogens with one attached hydrogen (secondary N) is 1. The van der Waals surface area contributed by atoms with E-state index in [0.29, 0.717) is 16.2 Å². The summed E-state index contributed by atoms with van der Waals surface area (Å²) in [6, 6.07) is 25.6. The second-order valence-electron chi connectivity index (χ2n) is 5.82. The summed E-state index contributed by atoms with van der Waals surface area (Å²) in [6.45, 7) is 0. The lowest BCUT2D eigenvalue weighted by Gasteiger charge is -2.10. The normalized spacial score (nSPS) is 12.2. The summed E-state index contributed by atoms with van der Waals surface area (Å²) >= 11 is 1.42. The molecule has 1 aliphatic heterocycles. The van der Waals surface area contributed by atoms with Crippen molar-refractivity contribution in [2.45, 2.75) is 4.90 Å². The molecule has 0 aromatic heterocycles. The van der Waals surface area contributed by atoms with Gasteiger partial charge in [0, 0.05) is 16.0 Å². The van der Waals surface area contributed by atoms with Gasteiger partial charge in [0.1, 0.15) is 5.57 Å². The van der Waals surface area contributed by atoms with Crippen LogP contribution in [0.4, 0.5) is 5.69 Å². The van der Waals surface area contributed by atoms with Crippen LogP contribution in [0.1, 0.15) is 20.7 Å². The predicted molar refractivity (Wildman–Crippen MR) is 104 cm³/mol. The Labute approximate surface area is 155 Å². The molecule has 0 saturated carbocycles. The van der Waals surface area contributed by atoms with Crippen LogP contribution in [-0.4, -0.2) is 11.6 Å². The number of ketones is 2. The Bertz CT molecular complexity index is 930. The number of hydrogen-bond donors (Lipinski definition) is 1. The Morgan fingerprint density at radius 1 is 0.654 bits per heavy atom. The lowest BCUT2D eigenvalue weighted by molar-refractivity contribution is 0.0962. The van der Waals surface area contributed by atoms with Crippen LogP contribution in [0.15, 0.2) is 100 Å². The molecule has 0 atom stereocenters. The van der Waals surface area contributed by atoms with Crippen molar-refractivity contribution < 1.29 is 9.59 Å². The molecule has 0 bridgehead atoms. The summed E-state index contributed by atoms with van der Waals surface area (Å²) < 4.78 is 0. The zero-order chi connectivity index (χ0) is 17.9. The van der Waals surface area contributed by atoms with E-state index >= 15 is 0 Å². The maximum absolute atomic E-state index is 13.2. The quantitative estimate of drug-likeness (QED) is 0.302. The average Bonchev–Trinajstić information content (AvgIpc) is 3.13. The number of Topliss-reactive ketones (excluding diaryl/α,β-unsaturated/α-hetero) is 2. The number of allylic oxidation sites excluding steroid dienone is 1. The van der Waals surface area contributed by atoms with E-state index in [9.17, 15) is 9.59 Å². The van der Waals surface area contributed by atoms with Crippen LogP contribution in [-0.2, 0) is 0 Å². The first-order valence-electron chi connectivity index (χ1n) is 8.22. The van der Waals surface area contributed by atoms with Crippen LogP contribution in [0.2, 0.25) is 0 Å². The molecule has 0 saturated heterocycles. The van der Waals surface area contributed by atoms with E-state index in [-0.39, 0.29) is 17.1 Å². The summed E-state index contributed by atoms with van der Waals surface area (Å²) in [5, 5.41) is 3.81. The standard InChI is InChI=1S/C22H15NO2S/c24-20(15-9-3-1-4-10-15)19(21(25)16-11-5-2-6-12-16)22-23-17-13-7-8-14-18(17)26-22/h1-14,23H. The fourth-order valence-electron chi connectivity index (χ4n) is 2.81. The summed E-state index contributed by atoms with van der Waals surface area (Å²) in [4.78, 5) is 27.3. The summed E-state index contributed by atoms with van der Waals surface area (Å²) in [5.41, 5.74) is 2.07. The fourth-order valence-corrected chi connectivity index (χ4v) is 3.85. The zero-order valence-electron chi connectivity index (χ0n) is 13.8. The molecule has 3 aromatic carbocycles. The first-order chi connectivity index (χ1) is 12.7. The van der Waals surface area contributed by atoms with Gasteiger partial charge < -0.3 is 5.32 Å². The van der Waals surface area contributed by atoms with Crippen LogP contribution in [0, 0.1) is 0 Å². The lowest BCUT2D eigenvalue weighted by Crippen LogP contribution is -2.17. The molecule has 0 amide bonds. The van der Waals surface area contributed by atoms with E-state index in [4.69, 9.17) is 0 Å². The molecule has 0 unspecified atom stereocenters. The molecule has 1 heterocycles. The number of benzene rings is 3. The molecule has 3 aromatic rings. The molecular formula is C22H15NO2S. The van der Waals surface area contributed by atoms with Crippen LogP contribution in [0.5, 0.6) is 0 Å². The van der Waals surface area contributed by atoms with Crippen molar-refractivity contribution in [3.05, 3.63) is 107 Å². The van der Waals surface area contributed by atoms with Gasteiger partial charge >= 0.3 is 0 Å². The minimum atomic E-state index is -0.276. The largest absolute Gasteiger partial charge is 0.348 e. The van der Waals surface area contributed by atoms with E-state index in [1.807, 2.05) is 36.4 Å². The third kappa shape index (κ3) is 3.07. The van der Waals surface area contributed by atoms with Crippen LogP contribution in [0.3, 0.4) is 0 Å². The topological polar surface area (TPSA) is 46.2 Å². The van der Waals surface area contributed by atoms with Gasteiger partial charge in [-0.15, -0.1) is 0 Å². The highest BCUT2D eigenvalue weighted by Gasteiger charge is 2.29. The monoisotopic (exact) mass is 357 g/mol. The highest BCUT2D eigenvalue weighted by atomic mass is 32.2. The molecule has 0 spiro atoms. The predicted octanol–water partition coefficient (Wildman–Crippen LogP) is 5.18. The van der Waals surface area contributed by atoms with Gasteiger partial charge in [0.05, 0.1) is 10.7 Å². The van der Waals surface area contributed by atoms with Crippen molar-refractivity contribution in [1.29, 1.82) is 0 Å². The summed E-state index contributed by atoms with van der Waals surface area (Å²) in [5.74, 6) is -0.551. The number of hydrogen-bond acceptors (Lipinski definition) is 4. The van der Waals surface area contributed by atoms with Crippen molar-refractivity contribution in [3.63, 3.8) is 0 Å². The second kappa shape index (κ2) is 7.02. The van der Waals surface area contributed by atoms with Gasteiger partial charge in [0.25, 0.3) is 0 Å². The minimum absolute atomic E-state index is 0.170. The second-order valence-corrected chi connectivity index (χ2v) is 6.87. The minimum Gasteiger partial charge on any atom is -0.348 e. The van der Waals surface area contributed by atoms with Crippen LogP contribution >= 0.6 is 11.8 Å². The van der Waals surface area contributed by atoms with Gasteiger partial charge in [0.2, 0.25) is 0 Å². The van der Waals surface area contributed by atoms with Gasteiger partial charge in [-0.3, -0.25) is 9.59 Å². The molecule has 1 aliphatic rings. The summed E-state index contributed by atoms with van der Waals surface area (Å²) in [7, 11) is 0. The maximum Gasteiger partial charge on any atom is 0.199 e. The van der Waals surface area contributed by atoms with Crippen molar-refractivity contribution in [2.24, 2.45) is 0 Å². The molecule has 0 radical (unpaired) electrons. The third-order valence-corrected chi connectivity index (χ3v) is 5.19. The van der Waals surface area contributed by atoms with Gasteiger partial charge in [-0.1, -0.05) is 84.6 Å². The Hall–Kier alpha value is -3.11. The number of carbonyl (C=O) groups is 2.